The molecule has 198 valence electrons. The molecule has 12 nitrogen and oxygen atoms in total. The zero-order valence-corrected chi connectivity index (χ0v) is 19.6. The summed E-state index contributed by atoms with van der Waals surface area (Å²) < 4.78 is 50.9. The molecule has 0 saturated carbocycles. The Bertz CT molecular complexity index is 1540. The third-order valence-corrected chi connectivity index (χ3v) is 6.07. The van der Waals surface area contributed by atoms with Crippen LogP contribution in [0.1, 0.15) is 12.6 Å². The van der Waals surface area contributed by atoms with Gasteiger partial charge in [-0.25, -0.2) is 4.68 Å². The summed E-state index contributed by atoms with van der Waals surface area (Å²) >= 11 is 0. The number of aromatic nitrogens is 4. The van der Waals surface area contributed by atoms with Crippen LogP contribution in [0.15, 0.2) is 53.3 Å². The maximum Gasteiger partial charge on any atom is 0.433 e. The second kappa shape index (κ2) is 9.11. The van der Waals surface area contributed by atoms with Crippen LogP contribution in [0.5, 0.6) is 0 Å². The number of alkyl halides is 3. The smallest absolute Gasteiger partial charge is 0.380 e. The molecule has 5 rings (SSSR count). The lowest BCUT2D eigenvalue weighted by atomic mass is 9.94. The molecule has 15 heteroatoms. The van der Waals surface area contributed by atoms with E-state index in [4.69, 9.17) is 15.0 Å². The minimum Gasteiger partial charge on any atom is -0.380 e. The normalized spacial score (nSPS) is 19.1. The molecule has 4 heterocycles. The van der Waals surface area contributed by atoms with Gasteiger partial charge in [-0.2, -0.15) is 13.2 Å². The number of benzene rings is 1. The van der Waals surface area contributed by atoms with Crippen molar-refractivity contribution < 1.29 is 37.1 Å². The second-order valence-corrected chi connectivity index (χ2v) is 8.60. The van der Waals surface area contributed by atoms with Crippen LogP contribution >= 0.6 is 0 Å². The van der Waals surface area contributed by atoms with Crippen molar-refractivity contribution in [3.63, 3.8) is 0 Å². The molecule has 0 spiro atoms. The molecular formula is C23H20F3N7O5. The maximum atomic E-state index is 13.4. The molecule has 0 bridgehead atoms. The van der Waals surface area contributed by atoms with Gasteiger partial charge in [0.15, 0.2) is 28.9 Å². The Morgan fingerprint density at radius 3 is 2.82 bits per heavy atom. The van der Waals surface area contributed by atoms with Crippen molar-refractivity contribution >= 4 is 40.1 Å². The Hall–Kier alpha value is -4.50. The predicted octanol–water partition coefficient (Wildman–Crippen LogP) is 2.13. The molecular weight excluding hydrogens is 511 g/mol. The highest BCUT2D eigenvalue weighted by Crippen LogP contribution is 2.31. The highest BCUT2D eigenvalue weighted by Gasteiger charge is 2.51. The van der Waals surface area contributed by atoms with E-state index in [2.05, 4.69) is 20.6 Å². The average Bonchev–Trinajstić information content (AvgIpc) is 3.52. The first-order valence-corrected chi connectivity index (χ1v) is 11.2. The summed E-state index contributed by atoms with van der Waals surface area (Å²) in [4.78, 5) is 30.7. The fourth-order valence-corrected chi connectivity index (χ4v) is 4.01. The molecule has 1 aromatic carbocycles. The number of hydrogen-bond acceptors (Lipinski definition) is 9. The van der Waals surface area contributed by atoms with E-state index in [9.17, 15) is 27.9 Å². The van der Waals surface area contributed by atoms with Gasteiger partial charge in [-0.15, -0.1) is 5.10 Å². The summed E-state index contributed by atoms with van der Waals surface area (Å²) in [5.74, 6) is -1.41. The number of carbonyl (C=O) groups is 2. The van der Waals surface area contributed by atoms with Crippen LogP contribution in [0.3, 0.4) is 0 Å². The van der Waals surface area contributed by atoms with Crippen molar-refractivity contribution in [2.24, 2.45) is 0 Å². The van der Waals surface area contributed by atoms with E-state index in [1.807, 2.05) is 0 Å². The van der Waals surface area contributed by atoms with E-state index in [-0.39, 0.29) is 36.2 Å². The largest absolute Gasteiger partial charge is 0.433 e. The lowest BCUT2D eigenvalue weighted by Crippen LogP contribution is -2.63. The highest BCUT2D eigenvalue weighted by molar-refractivity contribution is 6.06. The van der Waals surface area contributed by atoms with Crippen LogP contribution < -0.4 is 16.0 Å². The number of carbonyl (C=O) groups excluding carboxylic acids is 2. The first kappa shape index (κ1) is 25.2. The van der Waals surface area contributed by atoms with E-state index >= 15 is 0 Å². The number of anilines is 3. The zero-order valence-electron chi connectivity index (χ0n) is 19.6. The molecule has 1 aliphatic rings. The van der Waals surface area contributed by atoms with E-state index in [0.29, 0.717) is 11.0 Å². The summed E-state index contributed by atoms with van der Waals surface area (Å²) in [6.45, 7) is 1.26. The van der Waals surface area contributed by atoms with Crippen LogP contribution in [0.4, 0.5) is 30.5 Å². The summed E-state index contributed by atoms with van der Waals surface area (Å²) in [5.41, 5.74) is 3.25. The number of nitrogens with one attached hydrogen (secondary N) is 1. The number of amides is 2. The van der Waals surface area contributed by atoms with Gasteiger partial charge < -0.3 is 25.4 Å². The molecule has 3 aromatic heterocycles. The lowest BCUT2D eigenvalue weighted by molar-refractivity contribution is -0.170. The Kier molecular flexibility index (Phi) is 6.03. The maximum absolute atomic E-state index is 13.4. The number of halogens is 3. The van der Waals surface area contributed by atoms with Gasteiger partial charge in [-0.3, -0.25) is 19.5 Å². The fraction of sp³-hybridized carbons (Fsp3) is 0.261. The molecule has 4 N–H and O–H groups in total. The van der Waals surface area contributed by atoms with E-state index < -0.39 is 35.4 Å². The van der Waals surface area contributed by atoms with Gasteiger partial charge in [0.1, 0.15) is 5.69 Å². The van der Waals surface area contributed by atoms with Crippen LogP contribution in [0.25, 0.3) is 16.7 Å². The summed E-state index contributed by atoms with van der Waals surface area (Å²) in [6, 6.07) is 8.12. The first-order valence-electron chi connectivity index (χ1n) is 11.2. The lowest BCUT2D eigenvalue weighted by Gasteiger charge is -2.40. The zero-order chi connectivity index (χ0) is 27.2. The van der Waals surface area contributed by atoms with Crippen molar-refractivity contribution in [2.45, 2.75) is 24.8 Å². The van der Waals surface area contributed by atoms with Gasteiger partial charge in [-0.1, -0.05) is 5.16 Å². The number of ether oxygens (including phenoxy) is 1. The van der Waals surface area contributed by atoms with E-state index in [1.165, 1.54) is 42.3 Å². The van der Waals surface area contributed by atoms with Crippen LogP contribution in [-0.4, -0.2) is 61.7 Å². The number of aliphatic hydroxyl groups excluding tert-OH is 1. The molecule has 1 aliphatic heterocycles. The molecule has 4 aromatic rings. The minimum absolute atomic E-state index is 0.0352. The fourth-order valence-electron chi connectivity index (χ4n) is 4.01. The van der Waals surface area contributed by atoms with E-state index in [0.717, 1.165) is 16.9 Å². The van der Waals surface area contributed by atoms with Crippen molar-refractivity contribution in [1.29, 1.82) is 0 Å². The van der Waals surface area contributed by atoms with Gasteiger partial charge in [0.2, 0.25) is 0 Å². The average molecular weight is 531 g/mol. The van der Waals surface area contributed by atoms with Crippen LogP contribution in [0, 0.1) is 0 Å². The Balaban J connectivity index is 1.34. The predicted molar refractivity (Wildman–Crippen MR) is 126 cm³/mol. The van der Waals surface area contributed by atoms with Gasteiger partial charge in [0.05, 0.1) is 24.2 Å². The minimum atomic E-state index is -4.64. The SMILES string of the molecule is C[C@]1([C@@H](O)C(=O)Nc2ccc3c(N)noc3c2)OCCN(c2ccn(-c3ccnc(C(F)(F)F)c3)n2)C1=O. The van der Waals surface area contributed by atoms with Gasteiger partial charge in [0.25, 0.3) is 11.8 Å². The quantitative estimate of drug-likeness (QED) is 0.350. The number of hydrogen-bond donors (Lipinski definition) is 3. The summed E-state index contributed by atoms with van der Waals surface area (Å²) in [5, 5.41) is 21.7. The Morgan fingerprint density at radius 1 is 1.26 bits per heavy atom. The first-order chi connectivity index (χ1) is 18.0. The topological polar surface area (TPSA) is 162 Å². The molecule has 1 fully saturated rings. The van der Waals surface area contributed by atoms with Gasteiger partial charge >= 0.3 is 6.18 Å². The van der Waals surface area contributed by atoms with Crippen LogP contribution in [-0.2, 0) is 20.5 Å². The number of morpholine rings is 1. The Labute approximate surface area is 211 Å². The van der Waals surface area contributed by atoms with Crippen molar-refractivity contribution in [3.05, 3.63) is 54.5 Å². The third-order valence-electron chi connectivity index (χ3n) is 6.07. The number of rotatable bonds is 5. The molecule has 2 amide bonds. The standard InChI is InChI=1S/C23H20F3N7O5/c1-22(18(34)20(35)29-12-2-3-14-15(10-12)38-31-19(14)27)21(36)32(8-9-37-22)17-5-7-33(30-17)13-4-6-28-16(11-13)23(24,25)26/h2-7,10-11,18,34H,8-9H2,1H3,(H2,27,31)(H,29,35)/t18-,22+/m0/s1. The molecule has 2 atom stereocenters. The third kappa shape index (κ3) is 4.41. The molecule has 0 radical (unpaired) electrons. The molecule has 0 aliphatic carbocycles. The summed E-state index contributed by atoms with van der Waals surface area (Å²) in [7, 11) is 0. The number of aliphatic hydroxyl groups is 1. The van der Waals surface area contributed by atoms with E-state index in [1.54, 1.807) is 6.07 Å². The number of nitrogen functional groups attached to an aromatic ring is 1. The second-order valence-electron chi connectivity index (χ2n) is 8.60. The Morgan fingerprint density at radius 2 is 2.05 bits per heavy atom. The number of pyridine rings is 1. The molecule has 1 saturated heterocycles. The van der Waals surface area contributed by atoms with Crippen molar-refractivity contribution in [2.75, 3.05) is 29.1 Å². The van der Waals surface area contributed by atoms with Crippen molar-refractivity contribution in [3.8, 4) is 5.69 Å². The van der Waals surface area contributed by atoms with Crippen molar-refractivity contribution in [1.82, 2.24) is 19.9 Å². The molecule has 38 heavy (non-hydrogen) atoms. The van der Waals surface area contributed by atoms with Gasteiger partial charge in [0, 0.05) is 30.2 Å². The number of nitrogens with zero attached hydrogens (tertiary/aromatic N) is 5. The summed E-state index contributed by atoms with van der Waals surface area (Å²) in [6.07, 6.45) is -4.19. The highest BCUT2D eigenvalue weighted by atomic mass is 19.4. The number of fused-ring (bicyclic) bond motifs is 1. The van der Waals surface area contributed by atoms with Crippen LogP contribution in [0.2, 0.25) is 0 Å². The molecule has 0 unspecified atom stereocenters. The van der Waals surface area contributed by atoms with Gasteiger partial charge in [-0.05, 0) is 31.2 Å². The number of nitrogens with two attached hydrogens (primary N) is 1. The monoisotopic (exact) mass is 531 g/mol.